The van der Waals surface area contributed by atoms with Gasteiger partial charge in [-0.1, -0.05) is 69.3 Å². The number of nitrogens with one attached hydrogen (secondary N) is 1. The van der Waals surface area contributed by atoms with Crippen LogP contribution < -0.4 is 5.32 Å². The van der Waals surface area contributed by atoms with Gasteiger partial charge in [-0.25, -0.2) is 4.39 Å². The monoisotopic (exact) mass is 625 g/mol. The molecule has 0 aromatic heterocycles. The third-order valence-corrected chi connectivity index (χ3v) is 8.44. The Morgan fingerprint density at radius 1 is 1.00 bits per heavy atom. The molecule has 2 unspecified atom stereocenters. The van der Waals surface area contributed by atoms with Gasteiger partial charge in [0.05, 0.1) is 24.1 Å². The van der Waals surface area contributed by atoms with Crippen LogP contribution in [0.5, 0.6) is 0 Å². The number of benzene rings is 3. The lowest BCUT2D eigenvalue weighted by Crippen LogP contribution is -2.46. The summed E-state index contributed by atoms with van der Waals surface area (Å²) in [7, 11) is 1.45. The maximum Gasteiger partial charge on any atom is 0.401 e. The van der Waals surface area contributed by atoms with Gasteiger partial charge in [0.25, 0.3) is 5.91 Å². The van der Waals surface area contributed by atoms with Crippen LogP contribution in [0.25, 0.3) is 0 Å². The van der Waals surface area contributed by atoms with Crippen LogP contribution in [0.2, 0.25) is 0 Å². The highest BCUT2D eigenvalue weighted by atomic mass is 19.4. The van der Waals surface area contributed by atoms with Crippen molar-refractivity contribution in [3.8, 4) is 0 Å². The molecule has 1 heterocycles. The van der Waals surface area contributed by atoms with Crippen LogP contribution in [0, 0.1) is 18.7 Å². The van der Waals surface area contributed by atoms with Crippen molar-refractivity contribution in [2.75, 3.05) is 32.0 Å². The number of hydrogen-bond donors (Lipinski definition) is 1. The minimum atomic E-state index is -4.24. The Bertz CT molecular complexity index is 1460. The van der Waals surface area contributed by atoms with E-state index in [9.17, 15) is 27.2 Å². The standard InChI is InChI=1S/C36H43F4N3O2/c1-24-10-6-15-30(37)31(24)34(45)43-21-9-14-29(33(44)41-28-13-7-12-27(22-28)35(2,3)4)32(43)26-18-16-25(17-19-26)11-8-20-42(5)23-36(38,39)40/h6-7,10,12-13,15-19,22,29,32H,8-9,11,14,20-21,23H2,1-5H3,(H,41,44). The fourth-order valence-electron chi connectivity index (χ4n) is 6.07. The van der Waals surface area contributed by atoms with Gasteiger partial charge >= 0.3 is 6.18 Å². The van der Waals surface area contributed by atoms with E-state index < -0.39 is 36.4 Å². The van der Waals surface area contributed by atoms with E-state index in [1.807, 2.05) is 48.5 Å². The third-order valence-electron chi connectivity index (χ3n) is 8.44. The molecule has 1 aliphatic heterocycles. The Hall–Kier alpha value is -3.72. The van der Waals surface area contributed by atoms with Gasteiger partial charge in [0.2, 0.25) is 5.91 Å². The Balaban J connectivity index is 1.61. The number of halogens is 4. The smallest absolute Gasteiger partial charge is 0.331 e. The van der Waals surface area contributed by atoms with Crippen molar-refractivity contribution in [2.45, 2.75) is 71.0 Å². The molecule has 1 N–H and O–H groups in total. The number of nitrogens with zero attached hydrogens (tertiary/aromatic N) is 2. The zero-order chi connectivity index (χ0) is 32.9. The van der Waals surface area contributed by atoms with Gasteiger partial charge < -0.3 is 10.2 Å². The summed E-state index contributed by atoms with van der Waals surface area (Å²) in [5.41, 5.74) is 3.86. The van der Waals surface area contributed by atoms with Crippen LogP contribution in [0.1, 0.15) is 78.7 Å². The van der Waals surface area contributed by atoms with Crippen LogP contribution in [-0.4, -0.2) is 54.5 Å². The van der Waals surface area contributed by atoms with Crippen molar-refractivity contribution in [1.29, 1.82) is 0 Å². The lowest BCUT2D eigenvalue weighted by molar-refractivity contribution is -0.143. The summed E-state index contributed by atoms with van der Waals surface area (Å²) in [5.74, 6) is -1.87. The van der Waals surface area contributed by atoms with E-state index in [0.717, 1.165) is 16.7 Å². The van der Waals surface area contributed by atoms with Gasteiger partial charge in [-0.05, 0) is 92.1 Å². The van der Waals surface area contributed by atoms with Crippen LogP contribution in [0.4, 0.5) is 23.2 Å². The lowest BCUT2D eigenvalue weighted by atomic mass is 9.82. The van der Waals surface area contributed by atoms with Crippen LogP contribution in [0.3, 0.4) is 0 Å². The van der Waals surface area contributed by atoms with Gasteiger partial charge in [0.1, 0.15) is 5.82 Å². The van der Waals surface area contributed by atoms with Gasteiger partial charge in [-0.3, -0.25) is 14.5 Å². The molecular formula is C36H43F4N3O2. The average molecular weight is 626 g/mol. The molecular weight excluding hydrogens is 582 g/mol. The van der Waals surface area contributed by atoms with Crippen LogP contribution >= 0.6 is 0 Å². The molecule has 0 bridgehead atoms. The van der Waals surface area contributed by atoms with Crippen molar-refractivity contribution in [1.82, 2.24) is 9.80 Å². The van der Waals surface area contributed by atoms with Crippen molar-refractivity contribution in [2.24, 2.45) is 5.92 Å². The number of hydrogen-bond acceptors (Lipinski definition) is 3. The summed E-state index contributed by atoms with van der Waals surface area (Å²) in [6.07, 6.45) is -1.98. The number of likely N-dealkylation sites (tertiary alicyclic amines) is 1. The molecule has 3 aromatic carbocycles. The largest absolute Gasteiger partial charge is 0.401 e. The van der Waals surface area contributed by atoms with Crippen molar-refractivity contribution < 1.29 is 27.2 Å². The molecule has 9 heteroatoms. The van der Waals surface area contributed by atoms with E-state index in [2.05, 4.69) is 26.1 Å². The molecule has 4 rings (SSSR count). The number of carbonyl (C=O) groups is 2. The number of anilines is 1. The maximum atomic E-state index is 15.0. The molecule has 1 fully saturated rings. The zero-order valence-electron chi connectivity index (χ0n) is 26.7. The van der Waals surface area contributed by atoms with Gasteiger partial charge in [-0.15, -0.1) is 0 Å². The molecule has 0 saturated carbocycles. The first-order valence-electron chi connectivity index (χ1n) is 15.5. The van der Waals surface area contributed by atoms with E-state index in [4.69, 9.17) is 0 Å². The normalized spacial score (nSPS) is 17.4. The number of piperidine rings is 1. The van der Waals surface area contributed by atoms with E-state index in [-0.39, 0.29) is 16.9 Å². The van der Waals surface area contributed by atoms with Crippen molar-refractivity contribution in [3.05, 3.63) is 100 Å². The average Bonchev–Trinajstić information content (AvgIpc) is 2.96. The number of rotatable bonds is 9. The highest BCUT2D eigenvalue weighted by Crippen LogP contribution is 2.39. The first kappa shape index (κ1) is 34.2. The molecule has 3 aromatic rings. The summed E-state index contributed by atoms with van der Waals surface area (Å²) < 4.78 is 53.0. The molecule has 0 radical (unpaired) electrons. The van der Waals surface area contributed by atoms with Crippen LogP contribution in [0.15, 0.2) is 66.7 Å². The lowest BCUT2D eigenvalue weighted by Gasteiger charge is -2.41. The summed E-state index contributed by atoms with van der Waals surface area (Å²) >= 11 is 0. The topological polar surface area (TPSA) is 52.7 Å². The second kappa shape index (κ2) is 14.1. The number of carbonyl (C=O) groups excluding carboxylic acids is 2. The van der Waals surface area contributed by atoms with E-state index in [0.29, 0.717) is 50.0 Å². The number of amides is 2. The molecule has 0 aliphatic carbocycles. The Morgan fingerprint density at radius 2 is 1.69 bits per heavy atom. The summed E-state index contributed by atoms with van der Waals surface area (Å²) in [6, 6.07) is 19.2. The second-order valence-electron chi connectivity index (χ2n) is 13.1. The Labute approximate surface area is 263 Å². The molecule has 242 valence electrons. The number of aryl methyl sites for hydroxylation is 2. The Morgan fingerprint density at radius 3 is 2.33 bits per heavy atom. The molecule has 0 spiro atoms. The zero-order valence-corrected chi connectivity index (χ0v) is 26.7. The van der Waals surface area contributed by atoms with Crippen molar-refractivity contribution >= 4 is 17.5 Å². The summed E-state index contributed by atoms with van der Waals surface area (Å²) in [6.45, 7) is 7.71. The van der Waals surface area contributed by atoms with E-state index in [1.165, 1.54) is 18.0 Å². The fourth-order valence-corrected chi connectivity index (χ4v) is 6.07. The summed E-state index contributed by atoms with van der Waals surface area (Å²) in [4.78, 5) is 30.7. The quantitative estimate of drug-likeness (QED) is 0.245. The molecule has 5 nitrogen and oxygen atoms in total. The minimum absolute atomic E-state index is 0.000957. The van der Waals surface area contributed by atoms with Crippen molar-refractivity contribution in [3.63, 3.8) is 0 Å². The highest BCUT2D eigenvalue weighted by molar-refractivity contribution is 5.98. The second-order valence-corrected chi connectivity index (χ2v) is 13.1. The molecule has 2 atom stereocenters. The SMILES string of the molecule is Cc1cccc(F)c1C(=O)N1CCCC(C(=O)Nc2cccc(C(C)(C)C)c2)C1c1ccc(CCCN(C)CC(F)(F)F)cc1. The Kier molecular flexibility index (Phi) is 10.7. The molecule has 45 heavy (non-hydrogen) atoms. The highest BCUT2D eigenvalue weighted by Gasteiger charge is 2.40. The first-order valence-corrected chi connectivity index (χ1v) is 15.5. The summed E-state index contributed by atoms with van der Waals surface area (Å²) in [5, 5.41) is 3.08. The predicted molar refractivity (Wildman–Crippen MR) is 170 cm³/mol. The van der Waals surface area contributed by atoms with Gasteiger partial charge in [0.15, 0.2) is 0 Å². The fraction of sp³-hybridized carbons (Fsp3) is 0.444. The molecule has 1 aliphatic rings. The third kappa shape index (κ3) is 8.93. The van der Waals surface area contributed by atoms with Crippen LogP contribution in [-0.2, 0) is 16.6 Å². The van der Waals surface area contributed by atoms with E-state index >= 15 is 0 Å². The number of alkyl halides is 3. The minimum Gasteiger partial charge on any atom is -0.331 e. The van der Waals surface area contributed by atoms with Gasteiger partial charge in [-0.2, -0.15) is 13.2 Å². The first-order chi connectivity index (χ1) is 21.1. The maximum absolute atomic E-state index is 15.0. The molecule has 2 amide bonds. The molecule has 1 saturated heterocycles. The van der Waals surface area contributed by atoms with Gasteiger partial charge in [0, 0.05) is 12.2 Å². The predicted octanol–water partition coefficient (Wildman–Crippen LogP) is 8.09. The van der Waals surface area contributed by atoms with E-state index in [1.54, 1.807) is 24.0 Å².